The number of rotatable bonds is 4. The Morgan fingerprint density at radius 2 is 2.24 bits per heavy atom. The second-order valence-electron chi connectivity index (χ2n) is 4.77. The van der Waals surface area contributed by atoms with Crippen molar-refractivity contribution in [2.24, 2.45) is 0 Å². The SMILES string of the molecule is O=C1Cc2cc(CNc3ncccc3C(=O)O)ccc2N1. The van der Waals surface area contributed by atoms with Crippen LogP contribution < -0.4 is 10.6 Å². The fourth-order valence-electron chi connectivity index (χ4n) is 2.30. The molecule has 0 bridgehead atoms. The standard InChI is InChI=1S/C15H13N3O3/c19-13-7-10-6-9(3-4-12(10)18-13)8-17-14-11(15(20)21)2-1-5-16-14/h1-6H,7-8H2,(H,16,17)(H,18,19)(H,20,21). The number of carboxylic acid groups (broad SMARTS) is 1. The fourth-order valence-corrected chi connectivity index (χ4v) is 2.30. The smallest absolute Gasteiger partial charge is 0.339 e. The van der Waals surface area contributed by atoms with E-state index in [1.165, 1.54) is 6.07 Å². The predicted octanol–water partition coefficient (Wildman–Crippen LogP) is 1.89. The van der Waals surface area contributed by atoms with Gasteiger partial charge in [0.05, 0.1) is 6.42 Å². The summed E-state index contributed by atoms with van der Waals surface area (Å²) < 4.78 is 0. The van der Waals surface area contributed by atoms with Crippen molar-refractivity contribution in [3.63, 3.8) is 0 Å². The summed E-state index contributed by atoms with van der Waals surface area (Å²) in [5.41, 5.74) is 2.90. The van der Waals surface area contributed by atoms with Crippen molar-refractivity contribution in [2.75, 3.05) is 10.6 Å². The van der Waals surface area contributed by atoms with E-state index in [0.717, 1.165) is 16.8 Å². The van der Waals surface area contributed by atoms with Crippen molar-refractivity contribution in [3.05, 3.63) is 53.2 Å². The molecule has 0 saturated carbocycles. The molecule has 2 heterocycles. The zero-order chi connectivity index (χ0) is 14.8. The topological polar surface area (TPSA) is 91.3 Å². The number of aromatic carboxylic acids is 1. The molecule has 1 aromatic heterocycles. The van der Waals surface area contributed by atoms with E-state index in [0.29, 0.717) is 18.8 Å². The average molecular weight is 283 g/mol. The van der Waals surface area contributed by atoms with Crippen LogP contribution in [0.2, 0.25) is 0 Å². The molecular weight excluding hydrogens is 270 g/mol. The molecule has 0 aliphatic carbocycles. The molecule has 0 saturated heterocycles. The lowest BCUT2D eigenvalue weighted by Gasteiger charge is -2.09. The summed E-state index contributed by atoms with van der Waals surface area (Å²) >= 11 is 0. The number of nitrogens with zero attached hydrogens (tertiary/aromatic N) is 1. The molecule has 0 radical (unpaired) electrons. The van der Waals surface area contributed by atoms with Gasteiger partial charge in [-0.25, -0.2) is 9.78 Å². The third-order valence-corrected chi connectivity index (χ3v) is 3.29. The molecule has 1 aliphatic rings. The van der Waals surface area contributed by atoms with Gasteiger partial charge in [-0.1, -0.05) is 12.1 Å². The van der Waals surface area contributed by atoms with Gasteiger partial charge in [0.2, 0.25) is 5.91 Å². The minimum absolute atomic E-state index is 0.00648. The number of fused-ring (bicyclic) bond motifs is 1. The van der Waals surface area contributed by atoms with E-state index in [1.54, 1.807) is 12.3 Å². The number of anilines is 2. The second-order valence-corrected chi connectivity index (χ2v) is 4.77. The maximum absolute atomic E-state index is 11.3. The molecule has 106 valence electrons. The highest BCUT2D eigenvalue weighted by Gasteiger charge is 2.17. The number of carboxylic acids is 1. The summed E-state index contributed by atoms with van der Waals surface area (Å²) in [6, 6.07) is 8.77. The van der Waals surface area contributed by atoms with Gasteiger partial charge in [-0.05, 0) is 29.3 Å². The first kappa shape index (κ1) is 13.1. The van der Waals surface area contributed by atoms with E-state index in [-0.39, 0.29) is 11.5 Å². The van der Waals surface area contributed by atoms with Crippen molar-refractivity contribution >= 4 is 23.4 Å². The van der Waals surface area contributed by atoms with Gasteiger partial charge < -0.3 is 15.7 Å². The molecule has 21 heavy (non-hydrogen) atoms. The number of amides is 1. The minimum Gasteiger partial charge on any atom is -0.478 e. The quantitative estimate of drug-likeness (QED) is 0.797. The van der Waals surface area contributed by atoms with Crippen molar-refractivity contribution in [1.29, 1.82) is 0 Å². The molecule has 1 amide bonds. The average Bonchev–Trinajstić information content (AvgIpc) is 2.84. The highest BCUT2D eigenvalue weighted by Crippen LogP contribution is 2.24. The molecule has 3 rings (SSSR count). The van der Waals surface area contributed by atoms with Crippen LogP contribution in [0.3, 0.4) is 0 Å². The third kappa shape index (κ3) is 2.69. The van der Waals surface area contributed by atoms with Crippen LogP contribution in [0.15, 0.2) is 36.5 Å². The van der Waals surface area contributed by atoms with Gasteiger partial charge >= 0.3 is 5.97 Å². The lowest BCUT2D eigenvalue weighted by molar-refractivity contribution is -0.115. The predicted molar refractivity (Wildman–Crippen MR) is 77.3 cm³/mol. The van der Waals surface area contributed by atoms with Gasteiger partial charge in [-0.15, -0.1) is 0 Å². The van der Waals surface area contributed by atoms with Gasteiger partial charge in [0.15, 0.2) is 0 Å². The van der Waals surface area contributed by atoms with E-state index in [2.05, 4.69) is 15.6 Å². The van der Waals surface area contributed by atoms with Crippen LogP contribution in [0.4, 0.5) is 11.5 Å². The van der Waals surface area contributed by atoms with Crippen LogP contribution in [-0.2, 0) is 17.8 Å². The van der Waals surface area contributed by atoms with Gasteiger partial charge in [0.25, 0.3) is 0 Å². The largest absolute Gasteiger partial charge is 0.478 e. The molecule has 0 fully saturated rings. The molecule has 0 atom stereocenters. The highest BCUT2D eigenvalue weighted by molar-refractivity contribution is 5.99. The Morgan fingerprint density at radius 3 is 3.05 bits per heavy atom. The first-order valence-electron chi connectivity index (χ1n) is 6.47. The molecule has 0 unspecified atom stereocenters. The van der Waals surface area contributed by atoms with Crippen molar-refractivity contribution in [2.45, 2.75) is 13.0 Å². The summed E-state index contributed by atoms with van der Waals surface area (Å²) in [6.07, 6.45) is 1.92. The fraction of sp³-hybridized carbons (Fsp3) is 0.133. The molecule has 6 heteroatoms. The highest BCUT2D eigenvalue weighted by atomic mass is 16.4. The Balaban J connectivity index is 1.76. The first-order valence-corrected chi connectivity index (χ1v) is 6.47. The number of benzene rings is 1. The Hall–Kier alpha value is -2.89. The van der Waals surface area contributed by atoms with E-state index in [1.807, 2.05) is 18.2 Å². The van der Waals surface area contributed by atoms with Crippen LogP contribution in [0.25, 0.3) is 0 Å². The van der Waals surface area contributed by atoms with Crippen molar-refractivity contribution in [1.82, 2.24) is 4.98 Å². The lowest BCUT2D eigenvalue weighted by Crippen LogP contribution is -2.08. The maximum atomic E-state index is 11.3. The van der Waals surface area contributed by atoms with Crippen LogP contribution in [-0.4, -0.2) is 22.0 Å². The summed E-state index contributed by atoms with van der Waals surface area (Å²) in [6.45, 7) is 0.443. The molecule has 0 spiro atoms. The summed E-state index contributed by atoms with van der Waals surface area (Å²) in [4.78, 5) is 26.4. The normalized spacial score (nSPS) is 12.7. The summed E-state index contributed by atoms with van der Waals surface area (Å²) in [5.74, 6) is -0.693. The number of hydrogen-bond donors (Lipinski definition) is 3. The van der Waals surface area contributed by atoms with Crippen LogP contribution in [0, 0.1) is 0 Å². The minimum atomic E-state index is -1.02. The van der Waals surface area contributed by atoms with Gasteiger partial charge in [0.1, 0.15) is 11.4 Å². The first-order chi connectivity index (χ1) is 10.1. The van der Waals surface area contributed by atoms with Crippen molar-refractivity contribution in [3.8, 4) is 0 Å². The Kier molecular flexibility index (Phi) is 3.27. The molecule has 2 aromatic rings. The Bertz CT molecular complexity index is 728. The van der Waals surface area contributed by atoms with E-state index in [4.69, 9.17) is 5.11 Å². The Morgan fingerprint density at radius 1 is 1.38 bits per heavy atom. The number of hydrogen-bond acceptors (Lipinski definition) is 4. The van der Waals surface area contributed by atoms with Crippen LogP contribution >= 0.6 is 0 Å². The van der Waals surface area contributed by atoms with Gasteiger partial charge in [0, 0.05) is 18.4 Å². The zero-order valence-corrected chi connectivity index (χ0v) is 11.1. The van der Waals surface area contributed by atoms with Crippen LogP contribution in [0.1, 0.15) is 21.5 Å². The van der Waals surface area contributed by atoms with E-state index < -0.39 is 5.97 Å². The molecule has 3 N–H and O–H groups in total. The Labute approximate surface area is 120 Å². The second kappa shape index (κ2) is 5.24. The third-order valence-electron chi connectivity index (χ3n) is 3.29. The molecule has 6 nitrogen and oxygen atoms in total. The number of carbonyl (C=O) groups is 2. The van der Waals surface area contributed by atoms with E-state index >= 15 is 0 Å². The number of nitrogens with one attached hydrogen (secondary N) is 2. The zero-order valence-electron chi connectivity index (χ0n) is 11.1. The molecular formula is C15H13N3O3. The molecule has 1 aliphatic heterocycles. The number of aromatic nitrogens is 1. The summed E-state index contributed by atoms with van der Waals surface area (Å²) in [5, 5.41) is 14.9. The maximum Gasteiger partial charge on any atom is 0.339 e. The van der Waals surface area contributed by atoms with Gasteiger partial charge in [-0.3, -0.25) is 4.79 Å². The molecule has 1 aromatic carbocycles. The van der Waals surface area contributed by atoms with Gasteiger partial charge in [-0.2, -0.15) is 0 Å². The summed E-state index contributed by atoms with van der Waals surface area (Å²) in [7, 11) is 0. The van der Waals surface area contributed by atoms with Crippen LogP contribution in [0.5, 0.6) is 0 Å². The number of carbonyl (C=O) groups excluding carboxylic acids is 1. The van der Waals surface area contributed by atoms with Crippen molar-refractivity contribution < 1.29 is 14.7 Å². The monoisotopic (exact) mass is 283 g/mol. The lowest BCUT2D eigenvalue weighted by atomic mass is 10.1. The number of pyridine rings is 1. The van der Waals surface area contributed by atoms with E-state index in [9.17, 15) is 9.59 Å².